The predicted octanol–water partition coefficient (Wildman–Crippen LogP) is 1.01. The van der Waals surface area contributed by atoms with E-state index in [1.54, 1.807) is 20.8 Å². The lowest BCUT2D eigenvalue weighted by Crippen LogP contribution is -2.49. The molecule has 6 heteroatoms. The second-order valence-corrected chi connectivity index (χ2v) is 5.53. The second kappa shape index (κ2) is 4.84. The number of hydrogen-bond donors (Lipinski definition) is 1. The Kier molecular flexibility index (Phi) is 3.85. The summed E-state index contributed by atoms with van der Waals surface area (Å²) in [7, 11) is 0. The Morgan fingerprint density at radius 3 is 2.17 bits per heavy atom. The van der Waals surface area contributed by atoms with Gasteiger partial charge in [-0.3, -0.25) is 4.79 Å². The average Bonchev–Trinajstić information content (AvgIpc) is 2.26. The number of hydrogen-bond acceptors (Lipinski definition) is 4. The van der Waals surface area contributed by atoms with E-state index in [1.807, 2.05) is 6.07 Å². The Hall–Kier alpha value is -1.77. The van der Waals surface area contributed by atoms with E-state index in [0.717, 1.165) is 0 Å². The van der Waals surface area contributed by atoms with Crippen molar-refractivity contribution in [2.45, 2.75) is 39.2 Å². The molecule has 0 aromatic heterocycles. The summed E-state index contributed by atoms with van der Waals surface area (Å²) in [6, 6.07) is 1.97. The van der Waals surface area contributed by atoms with E-state index in [1.165, 1.54) is 4.90 Å². The van der Waals surface area contributed by atoms with E-state index in [4.69, 9.17) is 15.7 Å². The van der Waals surface area contributed by atoms with E-state index in [0.29, 0.717) is 13.1 Å². The van der Waals surface area contributed by atoms with Crippen LogP contribution in [-0.4, -0.2) is 35.6 Å². The zero-order valence-corrected chi connectivity index (χ0v) is 11.0. The molecular formula is C12H19N3O3. The van der Waals surface area contributed by atoms with Crippen molar-refractivity contribution in [2.75, 3.05) is 13.1 Å². The molecule has 0 bridgehead atoms. The zero-order chi connectivity index (χ0) is 14.0. The Morgan fingerprint density at radius 2 is 1.83 bits per heavy atom. The molecule has 0 aliphatic carbocycles. The molecule has 0 unspecified atom stereocenters. The van der Waals surface area contributed by atoms with Crippen molar-refractivity contribution in [2.24, 2.45) is 11.1 Å². The lowest BCUT2D eigenvalue weighted by atomic mass is 9.79. The van der Waals surface area contributed by atoms with Gasteiger partial charge in [0.05, 0.1) is 6.07 Å². The first kappa shape index (κ1) is 14.3. The van der Waals surface area contributed by atoms with Gasteiger partial charge in [-0.25, -0.2) is 4.79 Å². The summed E-state index contributed by atoms with van der Waals surface area (Å²) in [5, 5.41) is 9.04. The number of carbonyl (C=O) groups is 2. The molecule has 0 spiro atoms. The van der Waals surface area contributed by atoms with Gasteiger partial charge in [-0.05, 0) is 33.6 Å². The van der Waals surface area contributed by atoms with Crippen LogP contribution in [0.15, 0.2) is 0 Å². The van der Waals surface area contributed by atoms with E-state index in [2.05, 4.69) is 0 Å². The SMILES string of the molecule is CC(C)(C)OC(=O)N1CCC(C#N)(C(N)=O)CC1. The molecule has 1 rings (SSSR count). The van der Waals surface area contributed by atoms with Gasteiger partial charge >= 0.3 is 6.09 Å². The summed E-state index contributed by atoms with van der Waals surface area (Å²) >= 11 is 0. The summed E-state index contributed by atoms with van der Waals surface area (Å²) in [4.78, 5) is 24.6. The van der Waals surface area contributed by atoms with Crippen LogP contribution in [-0.2, 0) is 9.53 Å². The van der Waals surface area contributed by atoms with E-state index in [-0.39, 0.29) is 12.8 Å². The van der Waals surface area contributed by atoms with Crippen LogP contribution < -0.4 is 5.73 Å². The standard InChI is InChI=1S/C12H19N3O3/c1-11(2,3)18-10(17)15-6-4-12(8-13,5-7-15)9(14)16/h4-7H2,1-3H3,(H2,14,16). The van der Waals surface area contributed by atoms with Gasteiger partial charge in [0.25, 0.3) is 0 Å². The molecule has 1 heterocycles. The van der Waals surface area contributed by atoms with Gasteiger partial charge in [0.1, 0.15) is 11.0 Å². The van der Waals surface area contributed by atoms with Gasteiger partial charge < -0.3 is 15.4 Å². The molecule has 18 heavy (non-hydrogen) atoms. The van der Waals surface area contributed by atoms with Gasteiger partial charge in [0.15, 0.2) is 0 Å². The molecule has 0 radical (unpaired) electrons. The van der Waals surface area contributed by atoms with Crippen LogP contribution in [0.5, 0.6) is 0 Å². The van der Waals surface area contributed by atoms with E-state index < -0.39 is 23.0 Å². The van der Waals surface area contributed by atoms with Gasteiger partial charge in [0, 0.05) is 13.1 Å². The monoisotopic (exact) mass is 253 g/mol. The van der Waals surface area contributed by atoms with E-state index >= 15 is 0 Å². The van der Waals surface area contributed by atoms with Crippen molar-refractivity contribution >= 4 is 12.0 Å². The minimum atomic E-state index is -1.14. The highest BCUT2D eigenvalue weighted by Crippen LogP contribution is 2.30. The molecule has 1 fully saturated rings. The minimum absolute atomic E-state index is 0.262. The Balaban J connectivity index is 2.62. The molecule has 0 atom stereocenters. The topological polar surface area (TPSA) is 96.4 Å². The molecule has 0 aromatic rings. The number of primary amides is 1. The van der Waals surface area contributed by atoms with Gasteiger partial charge in [0.2, 0.25) is 5.91 Å². The third-order valence-electron chi connectivity index (χ3n) is 2.95. The number of nitrogens with two attached hydrogens (primary N) is 1. The molecule has 2 N–H and O–H groups in total. The van der Waals surface area contributed by atoms with Crippen LogP contribution in [0, 0.1) is 16.7 Å². The van der Waals surface area contributed by atoms with E-state index in [9.17, 15) is 9.59 Å². The predicted molar refractivity (Wildman–Crippen MR) is 64.3 cm³/mol. The molecule has 100 valence electrons. The van der Waals surface area contributed by atoms with Crippen molar-refractivity contribution in [1.29, 1.82) is 5.26 Å². The summed E-state index contributed by atoms with van der Waals surface area (Å²) in [6.07, 6.45) is 0.106. The first-order chi connectivity index (χ1) is 8.20. The van der Waals surface area contributed by atoms with Crippen LogP contribution in [0.4, 0.5) is 4.79 Å². The molecule has 1 saturated heterocycles. The van der Waals surface area contributed by atoms with Crippen LogP contribution in [0.2, 0.25) is 0 Å². The third kappa shape index (κ3) is 3.13. The minimum Gasteiger partial charge on any atom is -0.444 e. The summed E-state index contributed by atoms with van der Waals surface area (Å²) in [6.45, 7) is 5.99. The largest absolute Gasteiger partial charge is 0.444 e. The lowest BCUT2D eigenvalue weighted by Gasteiger charge is -2.35. The van der Waals surface area contributed by atoms with Crippen molar-refractivity contribution in [1.82, 2.24) is 4.90 Å². The number of piperidine rings is 1. The fourth-order valence-corrected chi connectivity index (χ4v) is 1.81. The van der Waals surface area contributed by atoms with Gasteiger partial charge in [-0.15, -0.1) is 0 Å². The van der Waals surface area contributed by atoms with Crippen LogP contribution in [0.3, 0.4) is 0 Å². The summed E-state index contributed by atoms with van der Waals surface area (Å²) in [5.41, 5.74) is 3.55. The molecule has 1 aliphatic heterocycles. The fourth-order valence-electron chi connectivity index (χ4n) is 1.81. The number of amides is 2. The maximum Gasteiger partial charge on any atom is 0.410 e. The van der Waals surface area contributed by atoms with Gasteiger partial charge in [-0.1, -0.05) is 0 Å². The molecule has 0 aromatic carbocycles. The highest BCUT2D eigenvalue weighted by Gasteiger charge is 2.41. The molecule has 6 nitrogen and oxygen atoms in total. The number of nitrogens with zero attached hydrogens (tertiary/aromatic N) is 2. The maximum absolute atomic E-state index is 11.8. The molecule has 0 saturated carbocycles. The number of carbonyl (C=O) groups excluding carboxylic acids is 2. The first-order valence-electron chi connectivity index (χ1n) is 5.89. The quantitative estimate of drug-likeness (QED) is 0.754. The summed E-state index contributed by atoms with van der Waals surface area (Å²) < 4.78 is 5.23. The molecule has 2 amide bonds. The smallest absolute Gasteiger partial charge is 0.410 e. The highest BCUT2D eigenvalue weighted by atomic mass is 16.6. The van der Waals surface area contributed by atoms with Crippen LogP contribution >= 0.6 is 0 Å². The first-order valence-corrected chi connectivity index (χ1v) is 5.89. The van der Waals surface area contributed by atoms with Crippen molar-refractivity contribution < 1.29 is 14.3 Å². The maximum atomic E-state index is 11.8. The Bertz CT molecular complexity index is 384. The number of ether oxygens (including phenoxy) is 1. The zero-order valence-electron chi connectivity index (χ0n) is 11.0. The highest BCUT2D eigenvalue weighted by molar-refractivity contribution is 5.84. The molecular weight excluding hydrogens is 234 g/mol. The second-order valence-electron chi connectivity index (χ2n) is 5.53. The average molecular weight is 253 g/mol. The van der Waals surface area contributed by atoms with Crippen LogP contribution in [0.1, 0.15) is 33.6 Å². The lowest BCUT2D eigenvalue weighted by molar-refractivity contribution is -0.127. The van der Waals surface area contributed by atoms with Gasteiger partial charge in [-0.2, -0.15) is 5.26 Å². The molecule has 1 aliphatic rings. The Morgan fingerprint density at radius 1 is 1.33 bits per heavy atom. The summed E-state index contributed by atoms with van der Waals surface area (Å²) in [5.74, 6) is -0.617. The third-order valence-corrected chi connectivity index (χ3v) is 2.95. The van der Waals surface area contributed by atoms with Crippen molar-refractivity contribution in [3.8, 4) is 6.07 Å². The van der Waals surface area contributed by atoms with Crippen molar-refractivity contribution in [3.63, 3.8) is 0 Å². The Labute approximate surface area is 107 Å². The number of nitriles is 1. The van der Waals surface area contributed by atoms with Crippen molar-refractivity contribution in [3.05, 3.63) is 0 Å². The van der Waals surface area contributed by atoms with Crippen LogP contribution in [0.25, 0.3) is 0 Å². The normalized spacial score (nSPS) is 18.9. The number of likely N-dealkylation sites (tertiary alicyclic amines) is 1. The number of rotatable bonds is 1. The fraction of sp³-hybridized carbons (Fsp3) is 0.750.